The fraction of sp³-hybridized carbons (Fsp3) is 0.211. The number of aromatic nitrogens is 2. The Hall–Kier alpha value is -2.45. The first-order valence-electron chi connectivity index (χ1n) is 8.34. The van der Waals surface area contributed by atoms with Gasteiger partial charge in [-0.1, -0.05) is 36.4 Å². The summed E-state index contributed by atoms with van der Waals surface area (Å²) in [6.07, 6.45) is 1.59. The number of nitrogen functional groups attached to an aromatic ring is 1. The number of fused-ring (bicyclic) bond motifs is 1. The lowest BCUT2D eigenvalue weighted by molar-refractivity contribution is 0.580. The molecule has 2 aromatic carbocycles. The summed E-state index contributed by atoms with van der Waals surface area (Å²) in [5, 5.41) is 1.01. The van der Waals surface area contributed by atoms with Gasteiger partial charge in [0.05, 0.1) is 16.3 Å². The van der Waals surface area contributed by atoms with Crippen LogP contribution in [0.25, 0.3) is 16.6 Å². The lowest BCUT2D eigenvalue weighted by Crippen LogP contribution is -2.23. The van der Waals surface area contributed by atoms with Crippen molar-refractivity contribution in [2.45, 2.75) is 19.1 Å². The Morgan fingerprint density at radius 2 is 1.81 bits per heavy atom. The third kappa shape index (κ3) is 3.68. The van der Waals surface area contributed by atoms with Gasteiger partial charge >= 0.3 is 0 Å². The Bertz CT molecular complexity index is 1150. The molecule has 6 nitrogen and oxygen atoms in total. The van der Waals surface area contributed by atoms with Crippen molar-refractivity contribution in [2.24, 2.45) is 0 Å². The molecule has 3 rings (SSSR count). The van der Waals surface area contributed by atoms with Crippen LogP contribution in [-0.4, -0.2) is 33.1 Å². The molecule has 142 valence electrons. The van der Waals surface area contributed by atoms with Gasteiger partial charge in [-0.15, -0.1) is 0 Å². The highest BCUT2D eigenvalue weighted by Gasteiger charge is 2.24. The first-order valence-corrected chi connectivity index (χ1v) is 11.5. The third-order valence-corrected chi connectivity index (χ3v) is 6.82. The van der Waals surface area contributed by atoms with E-state index >= 15 is 0 Å². The Morgan fingerprint density at radius 3 is 2.41 bits per heavy atom. The van der Waals surface area contributed by atoms with Crippen molar-refractivity contribution in [2.75, 3.05) is 12.0 Å². The molecule has 0 fully saturated rings. The molecule has 0 saturated carbocycles. The van der Waals surface area contributed by atoms with E-state index in [4.69, 9.17) is 5.73 Å². The fourth-order valence-corrected chi connectivity index (χ4v) is 4.55. The maximum Gasteiger partial charge on any atom is 0.244 e. The second kappa shape index (κ2) is 7.28. The Morgan fingerprint density at radius 1 is 1.15 bits per heavy atom. The molecule has 1 atom stereocenters. The van der Waals surface area contributed by atoms with Crippen molar-refractivity contribution in [3.05, 3.63) is 65.1 Å². The zero-order chi connectivity index (χ0) is 19.8. The molecule has 1 unspecified atom stereocenters. The maximum atomic E-state index is 12.7. The van der Waals surface area contributed by atoms with Gasteiger partial charge in [-0.25, -0.2) is 17.4 Å². The van der Waals surface area contributed by atoms with Gasteiger partial charge in [-0.3, -0.25) is 4.21 Å². The second-order valence-corrected chi connectivity index (χ2v) is 10.00. The maximum absolute atomic E-state index is 12.7. The molecule has 3 aromatic rings. The van der Waals surface area contributed by atoms with Crippen LogP contribution in [0.1, 0.15) is 25.0 Å². The van der Waals surface area contributed by atoms with Gasteiger partial charge in [0, 0.05) is 22.5 Å². The van der Waals surface area contributed by atoms with Crippen LogP contribution in [0, 0.1) is 0 Å². The lowest BCUT2D eigenvalue weighted by atomic mass is 9.99. The van der Waals surface area contributed by atoms with Gasteiger partial charge in [-0.05, 0) is 42.7 Å². The SMILES string of the molecule is CC(C)S(=O)(=O)n1c(N)nc2ccc(C(=CS(C)=O)c3ccccc3)cc21. The molecule has 0 spiro atoms. The molecule has 0 bridgehead atoms. The molecule has 0 amide bonds. The van der Waals surface area contributed by atoms with Crippen molar-refractivity contribution < 1.29 is 12.6 Å². The van der Waals surface area contributed by atoms with E-state index in [1.807, 2.05) is 36.4 Å². The summed E-state index contributed by atoms with van der Waals surface area (Å²) in [6, 6.07) is 14.8. The van der Waals surface area contributed by atoms with E-state index in [2.05, 4.69) is 4.98 Å². The topological polar surface area (TPSA) is 95.1 Å². The zero-order valence-corrected chi connectivity index (χ0v) is 16.9. The van der Waals surface area contributed by atoms with Crippen LogP contribution >= 0.6 is 0 Å². The molecule has 1 heterocycles. The van der Waals surface area contributed by atoms with Gasteiger partial charge in [0.15, 0.2) is 0 Å². The highest BCUT2D eigenvalue weighted by molar-refractivity contribution is 7.90. The number of hydrogen-bond acceptors (Lipinski definition) is 5. The number of imidazole rings is 1. The summed E-state index contributed by atoms with van der Waals surface area (Å²) >= 11 is 0. The quantitative estimate of drug-likeness (QED) is 0.707. The number of nitrogens with zero attached hydrogens (tertiary/aromatic N) is 2. The summed E-state index contributed by atoms with van der Waals surface area (Å²) in [5.41, 5.74) is 9.18. The summed E-state index contributed by atoms with van der Waals surface area (Å²) in [5.74, 6) is -0.0693. The first kappa shape index (κ1) is 19.3. The van der Waals surface area contributed by atoms with Crippen molar-refractivity contribution in [1.29, 1.82) is 0 Å². The molecule has 0 aliphatic rings. The average Bonchev–Trinajstić information content (AvgIpc) is 2.95. The minimum Gasteiger partial charge on any atom is -0.368 e. The minimum absolute atomic E-state index is 0.0693. The summed E-state index contributed by atoms with van der Waals surface area (Å²) < 4.78 is 38.4. The Balaban J connectivity index is 2.28. The van der Waals surface area contributed by atoms with Crippen LogP contribution in [0.4, 0.5) is 5.95 Å². The normalized spacial score (nSPS) is 14.0. The minimum atomic E-state index is -3.67. The van der Waals surface area contributed by atoms with Crippen LogP contribution in [0.3, 0.4) is 0 Å². The monoisotopic (exact) mass is 403 g/mol. The van der Waals surface area contributed by atoms with Crippen LogP contribution in [0.2, 0.25) is 0 Å². The molecular weight excluding hydrogens is 382 g/mol. The number of anilines is 1. The molecule has 0 aliphatic carbocycles. The highest BCUT2D eigenvalue weighted by atomic mass is 32.2. The molecule has 0 radical (unpaired) electrons. The smallest absolute Gasteiger partial charge is 0.244 e. The second-order valence-electron chi connectivity index (χ2n) is 6.43. The van der Waals surface area contributed by atoms with E-state index in [1.165, 1.54) is 0 Å². The number of hydrogen-bond donors (Lipinski definition) is 1. The predicted octanol–water partition coefficient (Wildman–Crippen LogP) is 2.97. The number of rotatable bonds is 5. The van der Waals surface area contributed by atoms with Crippen LogP contribution < -0.4 is 5.73 Å². The van der Waals surface area contributed by atoms with E-state index in [0.717, 1.165) is 20.7 Å². The molecule has 1 aromatic heterocycles. The summed E-state index contributed by atoms with van der Waals surface area (Å²) in [7, 11) is -4.85. The van der Waals surface area contributed by atoms with E-state index in [0.29, 0.717) is 11.0 Å². The van der Waals surface area contributed by atoms with Crippen molar-refractivity contribution in [1.82, 2.24) is 8.96 Å². The van der Waals surface area contributed by atoms with E-state index in [-0.39, 0.29) is 5.95 Å². The van der Waals surface area contributed by atoms with Crippen LogP contribution in [-0.2, 0) is 20.8 Å². The lowest BCUT2D eigenvalue weighted by Gasteiger charge is -2.12. The van der Waals surface area contributed by atoms with E-state index < -0.39 is 26.1 Å². The van der Waals surface area contributed by atoms with Gasteiger partial charge in [0.1, 0.15) is 0 Å². The summed E-state index contributed by atoms with van der Waals surface area (Å²) in [6.45, 7) is 3.19. The average molecular weight is 404 g/mol. The Labute approximate surface area is 161 Å². The molecule has 0 aliphatic heterocycles. The molecule has 27 heavy (non-hydrogen) atoms. The zero-order valence-electron chi connectivity index (χ0n) is 15.3. The highest BCUT2D eigenvalue weighted by Crippen LogP contribution is 2.29. The van der Waals surface area contributed by atoms with Gasteiger partial charge in [0.2, 0.25) is 16.0 Å². The number of benzene rings is 2. The van der Waals surface area contributed by atoms with E-state index in [1.54, 1.807) is 37.6 Å². The predicted molar refractivity (Wildman–Crippen MR) is 111 cm³/mol. The molecule has 8 heteroatoms. The molecule has 2 N–H and O–H groups in total. The first-order chi connectivity index (χ1) is 12.7. The van der Waals surface area contributed by atoms with Crippen LogP contribution in [0.5, 0.6) is 0 Å². The standard InChI is InChI=1S/C19H21N3O3S2/c1-13(2)27(24,25)22-18-11-15(9-10-17(18)21-19(22)20)16(12-26(3)23)14-7-5-4-6-8-14/h4-13H,1-3H3,(H2,20,21). The van der Waals surface area contributed by atoms with E-state index in [9.17, 15) is 12.6 Å². The third-order valence-electron chi connectivity index (χ3n) is 4.17. The summed E-state index contributed by atoms with van der Waals surface area (Å²) in [4.78, 5) is 4.18. The van der Waals surface area contributed by atoms with Crippen molar-refractivity contribution >= 4 is 43.4 Å². The number of nitrogens with two attached hydrogens (primary N) is 1. The molecular formula is C19H21N3O3S2. The van der Waals surface area contributed by atoms with Gasteiger partial charge < -0.3 is 5.73 Å². The van der Waals surface area contributed by atoms with Crippen LogP contribution in [0.15, 0.2) is 53.9 Å². The van der Waals surface area contributed by atoms with Crippen molar-refractivity contribution in [3.8, 4) is 0 Å². The van der Waals surface area contributed by atoms with Gasteiger partial charge in [0.25, 0.3) is 0 Å². The van der Waals surface area contributed by atoms with Crippen molar-refractivity contribution in [3.63, 3.8) is 0 Å². The van der Waals surface area contributed by atoms with Gasteiger partial charge in [-0.2, -0.15) is 0 Å². The fourth-order valence-electron chi connectivity index (χ4n) is 2.81. The molecule has 0 saturated heterocycles. The Kier molecular flexibility index (Phi) is 5.21. The largest absolute Gasteiger partial charge is 0.368 e.